The standard InChI is InChI=1S/C10H11BrN2O3/c1-16-10-6-5-9(13(14)15)8(12-10)4-2-3-7-11/h2,4-6H,3,7H2,1H3. The summed E-state index contributed by atoms with van der Waals surface area (Å²) in [5.41, 5.74) is 0.289. The smallest absolute Gasteiger partial charge is 0.295 e. The van der Waals surface area contributed by atoms with Gasteiger partial charge in [0.05, 0.1) is 12.0 Å². The minimum Gasteiger partial charge on any atom is -0.481 e. The van der Waals surface area contributed by atoms with Gasteiger partial charge in [-0.3, -0.25) is 10.1 Å². The molecule has 1 aromatic heterocycles. The van der Waals surface area contributed by atoms with E-state index in [2.05, 4.69) is 20.9 Å². The predicted octanol–water partition coefficient (Wildman–Crippen LogP) is 2.80. The van der Waals surface area contributed by atoms with Gasteiger partial charge < -0.3 is 4.74 Å². The Morgan fingerprint density at radius 3 is 2.94 bits per heavy atom. The van der Waals surface area contributed by atoms with Gasteiger partial charge in [-0.25, -0.2) is 4.98 Å². The maximum absolute atomic E-state index is 10.7. The normalized spacial score (nSPS) is 10.6. The number of pyridine rings is 1. The molecule has 0 N–H and O–H groups in total. The third-order valence-corrected chi connectivity index (χ3v) is 2.29. The number of rotatable bonds is 5. The molecule has 0 aliphatic heterocycles. The maximum Gasteiger partial charge on any atom is 0.295 e. The molecule has 0 saturated carbocycles. The lowest BCUT2D eigenvalue weighted by atomic mass is 10.2. The van der Waals surface area contributed by atoms with Crippen LogP contribution >= 0.6 is 15.9 Å². The van der Waals surface area contributed by atoms with Crippen LogP contribution < -0.4 is 4.74 Å². The van der Waals surface area contributed by atoms with Gasteiger partial charge in [-0.2, -0.15) is 0 Å². The highest BCUT2D eigenvalue weighted by molar-refractivity contribution is 9.09. The predicted molar refractivity (Wildman–Crippen MR) is 64.9 cm³/mol. The zero-order valence-corrected chi connectivity index (χ0v) is 10.3. The van der Waals surface area contributed by atoms with E-state index in [1.54, 1.807) is 6.08 Å². The Hall–Kier alpha value is -1.43. The van der Waals surface area contributed by atoms with Gasteiger partial charge in [0, 0.05) is 17.5 Å². The van der Waals surface area contributed by atoms with Crippen LogP contribution in [0.4, 0.5) is 5.69 Å². The van der Waals surface area contributed by atoms with Crippen molar-refractivity contribution in [1.29, 1.82) is 0 Å². The molecule has 16 heavy (non-hydrogen) atoms. The van der Waals surface area contributed by atoms with Crippen molar-refractivity contribution in [2.24, 2.45) is 0 Å². The van der Waals surface area contributed by atoms with Gasteiger partial charge in [-0.05, 0) is 12.5 Å². The van der Waals surface area contributed by atoms with E-state index in [0.717, 1.165) is 11.8 Å². The van der Waals surface area contributed by atoms with Crippen LogP contribution in [0.15, 0.2) is 18.2 Å². The summed E-state index contributed by atoms with van der Waals surface area (Å²) in [4.78, 5) is 14.3. The molecule has 0 spiro atoms. The summed E-state index contributed by atoms with van der Waals surface area (Å²) in [6.45, 7) is 0. The van der Waals surface area contributed by atoms with Crippen molar-refractivity contribution in [3.63, 3.8) is 0 Å². The fourth-order valence-corrected chi connectivity index (χ4v) is 1.36. The maximum atomic E-state index is 10.7. The van der Waals surface area contributed by atoms with Crippen molar-refractivity contribution >= 4 is 27.7 Å². The molecule has 0 fully saturated rings. The average Bonchev–Trinajstić information content (AvgIpc) is 2.29. The van der Waals surface area contributed by atoms with E-state index in [0.29, 0.717) is 11.6 Å². The van der Waals surface area contributed by atoms with E-state index >= 15 is 0 Å². The highest BCUT2D eigenvalue weighted by atomic mass is 79.9. The fraction of sp³-hybridized carbons (Fsp3) is 0.300. The summed E-state index contributed by atoms with van der Waals surface area (Å²) < 4.78 is 4.92. The molecular weight excluding hydrogens is 276 g/mol. The summed E-state index contributed by atoms with van der Waals surface area (Å²) in [6.07, 6.45) is 4.24. The van der Waals surface area contributed by atoms with Gasteiger partial charge >= 0.3 is 0 Å². The van der Waals surface area contributed by atoms with E-state index in [1.165, 1.54) is 19.2 Å². The lowest BCUT2D eigenvalue weighted by Gasteiger charge is -2.00. The van der Waals surface area contributed by atoms with Crippen molar-refractivity contribution < 1.29 is 9.66 Å². The minimum atomic E-state index is -0.458. The van der Waals surface area contributed by atoms with Gasteiger partial charge in [-0.15, -0.1) is 0 Å². The van der Waals surface area contributed by atoms with Gasteiger partial charge in [0.2, 0.25) is 5.88 Å². The number of hydrogen-bond donors (Lipinski definition) is 0. The molecule has 0 amide bonds. The number of alkyl halides is 1. The second-order valence-corrected chi connectivity index (χ2v) is 3.69. The van der Waals surface area contributed by atoms with E-state index in [9.17, 15) is 10.1 Å². The molecule has 1 heterocycles. The Morgan fingerprint density at radius 1 is 1.62 bits per heavy atom. The lowest BCUT2D eigenvalue weighted by molar-refractivity contribution is -0.385. The Labute approximate surface area is 101 Å². The van der Waals surface area contributed by atoms with Crippen molar-refractivity contribution in [2.45, 2.75) is 6.42 Å². The Morgan fingerprint density at radius 2 is 2.38 bits per heavy atom. The van der Waals surface area contributed by atoms with E-state index in [1.807, 2.05) is 6.08 Å². The fourth-order valence-electron chi connectivity index (χ4n) is 1.10. The molecule has 1 rings (SSSR count). The Kier molecular flexibility index (Phi) is 4.91. The average molecular weight is 287 g/mol. The third-order valence-electron chi connectivity index (χ3n) is 1.83. The van der Waals surface area contributed by atoms with Crippen LogP contribution in [-0.4, -0.2) is 22.3 Å². The molecule has 0 radical (unpaired) electrons. The molecule has 0 saturated heterocycles. The molecule has 0 aliphatic carbocycles. The van der Waals surface area contributed by atoms with Crippen LogP contribution in [0.5, 0.6) is 5.88 Å². The largest absolute Gasteiger partial charge is 0.481 e. The molecule has 6 heteroatoms. The third kappa shape index (κ3) is 3.30. The van der Waals surface area contributed by atoms with Crippen LogP contribution in [0.2, 0.25) is 0 Å². The second kappa shape index (κ2) is 6.22. The first-order valence-corrected chi connectivity index (χ1v) is 5.73. The van der Waals surface area contributed by atoms with E-state index in [-0.39, 0.29) is 5.69 Å². The van der Waals surface area contributed by atoms with Gasteiger partial charge in [0.25, 0.3) is 5.69 Å². The molecule has 5 nitrogen and oxygen atoms in total. The van der Waals surface area contributed by atoms with Crippen LogP contribution in [0.3, 0.4) is 0 Å². The first-order valence-electron chi connectivity index (χ1n) is 4.61. The summed E-state index contributed by atoms with van der Waals surface area (Å²) in [6, 6.07) is 2.86. The summed E-state index contributed by atoms with van der Waals surface area (Å²) in [5.74, 6) is 0.365. The number of methoxy groups -OCH3 is 1. The van der Waals surface area contributed by atoms with Gasteiger partial charge in [-0.1, -0.05) is 22.0 Å². The first kappa shape index (κ1) is 12.6. The number of nitro groups is 1. The Bertz CT molecular complexity index is 407. The molecular formula is C10H11BrN2O3. The van der Waals surface area contributed by atoms with Gasteiger partial charge in [0.1, 0.15) is 5.69 Å². The highest BCUT2D eigenvalue weighted by Crippen LogP contribution is 2.21. The highest BCUT2D eigenvalue weighted by Gasteiger charge is 2.13. The topological polar surface area (TPSA) is 65.3 Å². The van der Waals surface area contributed by atoms with Crippen LogP contribution in [0, 0.1) is 10.1 Å². The van der Waals surface area contributed by atoms with Crippen molar-refractivity contribution in [3.8, 4) is 5.88 Å². The SMILES string of the molecule is COc1ccc([N+](=O)[O-])c(C=CCCBr)n1. The van der Waals surface area contributed by atoms with Crippen LogP contribution in [0.25, 0.3) is 6.08 Å². The van der Waals surface area contributed by atoms with E-state index < -0.39 is 4.92 Å². The second-order valence-electron chi connectivity index (χ2n) is 2.90. The zero-order chi connectivity index (χ0) is 12.0. The monoisotopic (exact) mass is 286 g/mol. The summed E-state index contributed by atoms with van der Waals surface area (Å²) >= 11 is 3.27. The minimum absolute atomic E-state index is 0.0216. The lowest BCUT2D eigenvalue weighted by Crippen LogP contribution is -1.96. The molecule has 86 valence electrons. The zero-order valence-electron chi connectivity index (χ0n) is 8.72. The van der Waals surface area contributed by atoms with E-state index in [4.69, 9.17) is 4.74 Å². The Balaban J connectivity index is 3.05. The first-order chi connectivity index (χ1) is 7.69. The number of nitrogens with zero attached hydrogens (tertiary/aromatic N) is 2. The molecule has 0 aromatic carbocycles. The number of allylic oxidation sites excluding steroid dienone is 1. The molecule has 0 bridgehead atoms. The van der Waals surface area contributed by atoms with Crippen LogP contribution in [-0.2, 0) is 0 Å². The number of aromatic nitrogens is 1. The van der Waals surface area contributed by atoms with Crippen molar-refractivity contribution in [3.05, 3.63) is 34.0 Å². The summed E-state index contributed by atoms with van der Waals surface area (Å²) in [5, 5.41) is 11.5. The number of halogens is 1. The molecule has 0 atom stereocenters. The molecule has 0 unspecified atom stereocenters. The molecule has 1 aromatic rings. The quantitative estimate of drug-likeness (QED) is 0.474. The molecule has 0 aliphatic rings. The van der Waals surface area contributed by atoms with Gasteiger partial charge in [0.15, 0.2) is 0 Å². The summed E-state index contributed by atoms with van der Waals surface area (Å²) in [7, 11) is 1.47. The van der Waals surface area contributed by atoms with Crippen molar-refractivity contribution in [2.75, 3.05) is 12.4 Å². The number of hydrogen-bond acceptors (Lipinski definition) is 4. The van der Waals surface area contributed by atoms with Crippen molar-refractivity contribution in [1.82, 2.24) is 4.98 Å². The van der Waals surface area contributed by atoms with Crippen LogP contribution in [0.1, 0.15) is 12.1 Å². The number of ether oxygens (including phenoxy) is 1.